The minimum absolute atomic E-state index is 0.0679. The number of aliphatic carboxylic acids is 3. The van der Waals surface area contributed by atoms with Crippen LogP contribution in [0.15, 0.2) is 24.3 Å². The Hall–Kier alpha value is -7.30. The van der Waals surface area contributed by atoms with Gasteiger partial charge in [-0.15, -0.1) is 0 Å². The first-order valence-electron chi connectivity index (χ1n) is 38.6. The number of amides is 8. The maximum atomic E-state index is 14.0. The van der Waals surface area contributed by atoms with E-state index < -0.39 is 210 Å². The number of carbonyl (C=O) groups is 13. The van der Waals surface area contributed by atoms with Crippen LogP contribution in [-0.2, 0) is 85.4 Å². The molecule has 0 saturated carbocycles. The molecule has 0 aromatic rings. The van der Waals surface area contributed by atoms with Gasteiger partial charge in [0, 0.05) is 51.5 Å². The lowest BCUT2D eigenvalue weighted by Gasteiger charge is -2.29. The fourth-order valence-corrected chi connectivity index (χ4v) is 11.7. The summed E-state index contributed by atoms with van der Waals surface area (Å²) in [6.07, 6.45) is 32.0. The Morgan fingerprint density at radius 2 is 0.745 bits per heavy atom. The Bertz CT molecular complexity index is 2730. The van der Waals surface area contributed by atoms with Gasteiger partial charge in [0.25, 0.3) is 0 Å². The molecule has 0 aromatic heterocycles. The number of nitrogens with two attached hydrogens (primary N) is 1. The van der Waals surface area contributed by atoms with Crippen molar-refractivity contribution in [2.45, 2.75) is 329 Å². The number of carboxylic acids is 3. The molecule has 0 rings (SSSR count). The first-order valence-corrected chi connectivity index (χ1v) is 40.1. The fourth-order valence-electron chi connectivity index (χ4n) is 11.0. The van der Waals surface area contributed by atoms with Crippen molar-refractivity contribution in [3.63, 3.8) is 0 Å². The molecule has 0 fully saturated rings. The molecule has 608 valence electrons. The normalized spacial score (nSPS) is 14.1. The number of primary amides is 1. The molecular weight excluding hydrogens is 1400 g/mol. The molecule has 0 saturated heterocycles. The third-order valence-electron chi connectivity index (χ3n) is 17.3. The molecule has 1 unspecified atom stereocenters. The number of phosphoric ester groups is 1. The third-order valence-corrected chi connectivity index (χ3v) is 18.3. The van der Waals surface area contributed by atoms with Gasteiger partial charge in [-0.2, -0.15) is 0 Å². The Morgan fingerprint density at radius 3 is 1.13 bits per heavy atom. The lowest BCUT2D eigenvalue weighted by molar-refractivity contribution is -0.161. The molecule has 0 aliphatic rings. The predicted octanol–water partition coefficient (Wildman–Crippen LogP) is 9.50. The van der Waals surface area contributed by atoms with Crippen LogP contribution in [0.3, 0.4) is 0 Å². The average molecular weight is 1530 g/mol. The third kappa shape index (κ3) is 52.6. The summed E-state index contributed by atoms with van der Waals surface area (Å²) in [7, 11) is -4.86. The molecular formula is C75H131N8O22P. The maximum Gasteiger partial charge on any atom is 0.472 e. The summed E-state index contributed by atoms with van der Waals surface area (Å²) in [4.78, 5) is 178. The van der Waals surface area contributed by atoms with Crippen LogP contribution in [0.2, 0.25) is 0 Å². The summed E-state index contributed by atoms with van der Waals surface area (Å²) in [5.41, 5.74) is 5.36. The summed E-state index contributed by atoms with van der Waals surface area (Å²) in [6, 6.07) is -9.08. The van der Waals surface area contributed by atoms with Crippen molar-refractivity contribution in [1.82, 2.24) is 37.2 Å². The van der Waals surface area contributed by atoms with Crippen LogP contribution >= 0.6 is 7.82 Å². The van der Waals surface area contributed by atoms with E-state index in [-0.39, 0.29) is 25.8 Å². The molecule has 31 heteroatoms. The summed E-state index contributed by atoms with van der Waals surface area (Å²) in [5.74, 6) is -14.9. The Kier molecular flexibility index (Phi) is 56.5. The number of hydrogen-bond acceptors (Lipinski definition) is 18. The molecule has 0 heterocycles. The number of ether oxygens (including phenoxy) is 2. The van der Waals surface area contributed by atoms with Crippen LogP contribution in [0.25, 0.3) is 0 Å². The van der Waals surface area contributed by atoms with E-state index in [1.807, 2.05) is 0 Å². The second kappa shape index (κ2) is 60.7. The highest BCUT2D eigenvalue weighted by atomic mass is 31.2. The molecule has 8 atom stereocenters. The topological polar surface area (TPSA) is 467 Å². The number of rotatable bonds is 67. The quantitative estimate of drug-likeness (QED) is 0.0117. The van der Waals surface area contributed by atoms with E-state index in [1.54, 1.807) is 13.8 Å². The minimum atomic E-state index is -4.86. The zero-order valence-corrected chi connectivity index (χ0v) is 65.4. The smallest absolute Gasteiger partial charge is 0.472 e. The number of carbonyl (C=O) groups excluding carboxylic acids is 10. The van der Waals surface area contributed by atoms with Crippen molar-refractivity contribution in [2.75, 3.05) is 26.4 Å². The number of phosphoric acid groups is 1. The molecule has 13 N–H and O–H groups in total. The van der Waals surface area contributed by atoms with Gasteiger partial charge in [0.15, 0.2) is 6.10 Å². The number of unbranched alkanes of at least 4 members (excludes halogenated alkanes) is 22. The van der Waals surface area contributed by atoms with Gasteiger partial charge < -0.3 is 72.6 Å². The van der Waals surface area contributed by atoms with Crippen LogP contribution in [0.5, 0.6) is 0 Å². The van der Waals surface area contributed by atoms with E-state index >= 15 is 0 Å². The van der Waals surface area contributed by atoms with Crippen LogP contribution in [-0.4, -0.2) is 166 Å². The predicted molar refractivity (Wildman–Crippen MR) is 400 cm³/mol. The Morgan fingerprint density at radius 1 is 0.396 bits per heavy atom. The highest BCUT2D eigenvalue weighted by molar-refractivity contribution is 7.47. The van der Waals surface area contributed by atoms with Crippen molar-refractivity contribution in [1.29, 1.82) is 0 Å². The SMILES string of the molecule is CCCCCCCC/C=C\CCCCCCCC(=O)OC[C@H](COP(=O)(O)OCCNC(=O)CCC(=O)N[C@H](C(=O)N[C@@H](CCC(=O)O)C(=O)N[C@H](C(=O)N[C@@H](CCC(=O)O)C(=O)N[C@H](C(=O)N[C@@H](CCC(=O)O)C(N)=O)C(C)C)C(C)C)C(C)C)OC(=O)CCCCCCC/C=C\CCCCCCCC. The van der Waals surface area contributed by atoms with Crippen molar-refractivity contribution < 1.29 is 106 Å². The van der Waals surface area contributed by atoms with Gasteiger partial charge in [0.05, 0.1) is 13.2 Å². The van der Waals surface area contributed by atoms with Gasteiger partial charge in [-0.25, -0.2) is 4.57 Å². The van der Waals surface area contributed by atoms with Gasteiger partial charge in [-0.3, -0.25) is 71.4 Å². The standard InChI is InChI=1S/C75H131N8O22P/c1-9-11-13-15-17-19-21-23-25-27-29-31-33-35-37-39-65(92)102-51-56(105-66(93)40-38-36-34-32-30-28-26-24-22-20-18-16-14-12-10-2)52-104-106(100,101)103-50-49-77-60(84)44-45-61(85)81-67(53(3)4)73(97)79-58(42-47-63(88)89)71(95)83-69(55(7)8)75(99)80-59(43-48-64(90)91)72(96)82-68(54(5)6)74(98)78-57(70(76)94)41-46-62(86)87/h23-26,53-59,67-69H,9-22,27-52H2,1-8H3,(H2,76,94)(H,77,84)(H,78,98)(H,79,97)(H,80,99)(H,81,85)(H,82,96)(H,83,95)(H,86,87)(H,88,89)(H,90,91)(H,100,101)/b25-23-,26-24-/t56-,57+,58+,59+,67+,68+,69+/m1/s1. The molecule has 0 aromatic carbocycles. The number of hydrogen-bond donors (Lipinski definition) is 12. The maximum absolute atomic E-state index is 14.0. The van der Waals surface area contributed by atoms with Gasteiger partial charge in [-0.05, 0) is 101 Å². The largest absolute Gasteiger partial charge is 0.481 e. The summed E-state index contributed by atoms with van der Waals surface area (Å²) < 4.78 is 34.3. The monoisotopic (exact) mass is 1530 g/mol. The lowest BCUT2D eigenvalue weighted by Crippen LogP contribution is -2.61. The van der Waals surface area contributed by atoms with E-state index in [1.165, 1.54) is 105 Å². The van der Waals surface area contributed by atoms with Gasteiger partial charge in [-0.1, -0.05) is 182 Å². The van der Waals surface area contributed by atoms with E-state index in [4.69, 9.17) is 29.4 Å². The Balaban J connectivity index is 5.72. The number of carboxylic acid groups (broad SMARTS) is 3. The van der Waals surface area contributed by atoms with Crippen LogP contribution in [0, 0.1) is 17.8 Å². The summed E-state index contributed by atoms with van der Waals surface area (Å²) in [5, 5.41) is 45.1. The van der Waals surface area contributed by atoms with Gasteiger partial charge in [0.1, 0.15) is 42.9 Å². The second-order valence-corrected chi connectivity index (χ2v) is 29.5. The number of nitrogens with one attached hydrogen (secondary N) is 7. The second-order valence-electron chi connectivity index (χ2n) is 28.0. The highest BCUT2D eigenvalue weighted by Crippen LogP contribution is 2.43. The number of allylic oxidation sites excluding steroid dienone is 4. The van der Waals surface area contributed by atoms with E-state index in [0.29, 0.717) is 12.8 Å². The summed E-state index contributed by atoms with van der Waals surface area (Å²) >= 11 is 0. The molecule has 8 amide bonds. The first kappa shape index (κ1) is 98.7. The molecule has 0 spiro atoms. The van der Waals surface area contributed by atoms with Crippen molar-refractivity contribution >= 4 is 84.9 Å². The van der Waals surface area contributed by atoms with Crippen LogP contribution < -0.4 is 43.0 Å². The number of esters is 2. The van der Waals surface area contributed by atoms with Gasteiger partial charge in [0.2, 0.25) is 47.3 Å². The summed E-state index contributed by atoms with van der Waals surface area (Å²) in [6.45, 7) is 11.5. The molecule has 30 nitrogen and oxygen atoms in total. The van der Waals surface area contributed by atoms with Crippen LogP contribution in [0.4, 0.5) is 0 Å². The minimum Gasteiger partial charge on any atom is -0.481 e. The fraction of sp³-hybridized carbons (Fsp3) is 0.773. The van der Waals surface area contributed by atoms with Gasteiger partial charge >= 0.3 is 37.7 Å². The van der Waals surface area contributed by atoms with E-state index in [2.05, 4.69) is 75.4 Å². The molecule has 0 bridgehead atoms. The van der Waals surface area contributed by atoms with Crippen LogP contribution in [0.1, 0.15) is 287 Å². The average Bonchev–Trinajstić information content (AvgIpc) is 0.850. The van der Waals surface area contributed by atoms with Crippen molar-refractivity contribution in [3.05, 3.63) is 24.3 Å². The van der Waals surface area contributed by atoms with Crippen molar-refractivity contribution in [2.24, 2.45) is 23.5 Å². The zero-order chi connectivity index (χ0) is 79.7. The molecule has 106 heavy (non-hydrogen) atoms. The molecule has 0 radical (unpaired) electrons. The molecule has 0 aliphatic carbocycles. The molecule has 0 aliphatic heterocycles. The first-order chi connectivity index (χ1) is 50.3. The van der Waals surface area contributed by atoms with Crippen molar-refractivity contribution in [3.8, 4) is 0 Å². The van der Waals surface area contributed by atoms with E-state index in [0.717, 1.165) is 77.0 Å². The zero-order valence-electron chi connectivity index (χ0n) is 64.5. The Labute approximate surface area is 628 Å². The highest BCUT2D eigenvalue weighted by Gasteiger charge is 2.36. The lowest BCUT2D eigenvalue weighted by atomic mass is 9.99. The van der Waals surface area contributed by atoms with E-state index in [9.17, 15) is 82.0 Å².